The number of ether oxygens (including phenoxy) is 3. The topological polar surface area (TPSA) is 78.9 Å². The summed E-state index contributed by atoms with van der Waals surface area (Å²) in [6.07, 6.45) is -0.0186. The van der Waals surface area contributed by atoms with Crippen LogP contribution in [0.5, 0.6) is 11.5 Å². The number of carbonyl (C=O) groups excluding carboxylic acids is 3. The first-order valence-electron chi connectivity index (χ1n) is 7.52. The zero-order valence-corrected chi connectivity index (χ0v) is 14.8. The van der Waals surface area contributed by atoms with Crippen LogP contribution in [-0.4, -0.2) is 38.4 Å². The minimum atomic E-state index is -0.597. The molecule has 1 aromatic carbocycles. The first-order chi connectivity index (χ1) is 12.0. The van der Waals surface area contributed by atoms with Crippen molar-refractivity contribution in [1.29, 1.82) is 0 Å². The molecule has 2 aromatic rings. The smallest absolute Gasteiger partial charge is 0.306 e. The number of carbonyl (C=O) groups is 3. The maximum atomic E-state index is 12.2. The van der Waals surface area contributed by atoms with Crippen molar-refractivity contribution in [2.45, 2.75) is 12.8 Å². The molecule has 0 amide bonds. The number of thiophene rings is 1. The Balaban J connectivity index is 1.87. The molecule has 0 saturated carbocycles. The third-order valence-corrected chi connectivity index (χ3v) is 4.33. The number of esters is 1. The lowest BCUT2D eigenvalue weighted by molar-refractivity contribution is -0.142. The third kappa shape index (κ3) is 5.15. The second-order valence-corrected chi connectivity index (χ2v) is 6.00. The summed E-state index contributed by atoms with van der Waals surface area (Å²) in [5, 5.41) is 1.80. The van der Waals surface area contributed by atoms with Gasteiger partial charge in [0.05, 0.1) is 31.1 Å². The normalized spacial score (nSPS) is 10.2. The van der Waals surface area contributed by atoms with E-state index in [9.17, 15) is 14.4 Å². The molecule has 0 spiro atoms. The van der Waals surface area contributed by atoms with Gasteiger partial charge in [-0.05, 0) is 29.6 Å². The number of hydrogen-bond donors (Lipinski definition) is 0. The van der Waals surface area contributed by atoms with Gasteiger partial charge in [-0.15, -0.1) is 11.3 Å². The van der Waals surface area contributed by atoms with Crippen LogP contribution < -0.4 is 9.47 Å². The zero-order chi connectivity index (χ0) is 18.2. The fourth-order valence-electron chi connectivity index (χ4n) is 2.10. The first kappa shape index (κ1) is 18.7. The molecule has 0 unspecified atom stereocenters. The second-order valence-electron chi connectivity index (χ2n) is 5.05. The van der Waals surface area contributed by atoms with Gasteiger partial charge in [0.2, 0.25) is 5.78 Å². The van der Waals surface area contributed by atoms with Crippen LogP contribution in [0.25, 0.3) is 0 Å². The summed E-state index contributed by atoms with van der Waals surface area (Å²) in [6.45, 7) is -0.421. The summed E-state index contributed by atoms with van der Waals surface area (Å²) in [6, 6.07) is 8.27. The number of rotatable bonds is 9. The van der Waals surface area contributed by atoms with Crippen LogP contribution in [0, 0.1) is 0 Å². The Bertz CT molecular complexity index is 751. The molecule has 7 heteroatoms. The van der Waals surface area contributed by atoms with Crippen LogP contribution in [0.15, 0.2) is 35.7 Å². The van der Waals surface area contributed by atoms with Crippen molar-refractivity contribution >= 4 is 28.9 Å². The van der Waals surface area contributed by atoms with Crippen LogP contribution >= 0.6 is 11.3 Å². The van der Waals surface area contributed by atoms with E-state index in [1.54, 1.807) is 29.6 Å². The Hall–Kier alpha value is -2.67. The van der Waals surface area contributed by atoms with E-state index in [0.717, 1.165) is 0 Å². The Morgan fingerprint density at radius 3 is 2.44 bits per heavy atom. The molecule has 0 aliphatic rings. The van der Waals surface area contributed by atoms with Gasteiger partial charge in [-0.2, -0.15) is 0 Å². The summed E-state index contributed by atoms with van der Waals surface area (Å²) in [7, 11) is 2.93. The minimum absolute atomic E-state index is 0.0516. The Labute approximate surface area is 149 Å². The van der Waals surface area contributed by atoms with E-state index in [0.29, 0.717) is 16.4 Å². The monoisotopic (exact) mass is 362 g/mol. The molecule has 0 N–H and O–H groups in total. The molecule has 25 heavy (non-hydrogen) atoms. The van der Waals surface area contributed by atoms with E-state index >= 15 is 0 Å². The molecule has 132 valence electrons. The largest absolute Gasteiger partial charge is 0.497 e. The highest BCUT2D eigenvalue weighted by Crippen LogP contribution is 2.24. The SMILES string of the molecule is COc1ccc(OC)c(C(=O)COC(=O)CCC(=O)c2cccs2)c1. The van der Waals surface area contributed by atoms with E-state index in [1.807, 2.05) is 0 Å². The number of ketones is 2. The van der Waals surface area contributed by atoms with Gasteiger partial charge in [0.25, 0.3) is 0 Å². The lowest BCUT2D eigenvalue weighted by Crippen LogP contribution is -2.15. The third-order valence-electron chi connectivity index (χ3n) is 3.42. The van der Waals surface area contributed by atoms with E-state index in [1.165, 1.54) is 31.6 Å². The molecule has 1 aromatic heterocycles. The van der Waals surface area contributed by atoms with Gasteiger partial charge in [0.1, 0.15) is 11.5 Å². The number of benzene rings is 1. The summed E-state index contributed by atoms with van der Waals surface area (Å²) < 4.78 is 15.2. The molecule has 2 rings (SSSR count). The Morgan fingerprint density at radius 2 is 1.80 bits per heavy atom. The molecule has 6 nitrogen and oxygen atoms in total. The number of Topliss-reactive ketones (excluding diaryl/α,β-unsaturated/α-hetero) is 2. The quantitative estimate of drug-likeness (QED) is 0.504. The summed E-state index contributed by atoms with van der Waals surface area (Å²) >= 11 is 1.32. The molecule has 0 aliphatic carbocycles. The average molecular weight is 362 g/mol. The molecule has 0 saturated heterocycles. The molecule has 1 heterocycles. The van der Waals surface area contributed by atoms with Gasteiger partial charge >= 0.3 is 5.97 Å². The van der Waals surface area contributed by atoms with E-state index in [2.05, 4.69) is 0 Å². The number of methoxy groups -OCH3 is 2. The van der Waals surface area contributed by atoms with Crippen LogP contribution in [0.1, 0.15) is 32.9 Å². The van der Waals surface area contributed by atoms with Crippen molar-refractivity contribution in [3.8, 4) is 11.5 Å². The first-order valence-corrected chi connectivity index (χ1v) is 8.40. The Morgan fingerprint density at radius 1 is 1.00 bits per heavy atom. The minimum Gasteiger partial charge on any atom is -0.497 e. The molecular formula is C18H18O6S. The molecule has 0 bridgehead atoms. The van der Waals surface area contributed by atoms with Gasteiger partial charge < -0.3 is 14.2 Å². The van der Waals surface area contributed by atoms with Gasteiger partial charge in [-0.1, -0.05) is 6.07 Å². The van der Waals surface area contributed by atoms with Crippen LogP contribution in [0.2, 0.25) is 0 Å². The molecule has 0 atom stereocenters. The average Bonchev–Trinajstić information content (AvgIpc) is 3.18. The van der Waals surface area contributed by atoms with Crippen LogP contribution in [0.3, 0.4) is 0 Å². The summed E-state index contributed by atoms with van der Waals surface area (Å²) in [5.41, 5.74) is 0.268. The van der Waals surface area contributed by atoms with Crippen molar-refractivity contribution in [1.82, 2.24) is 0 Å². The lowest BCUT2D eigenvalue weighted by atomic mass is 10.1. The molecule has 0 radical (unpaired) electrons. The van der Waals surface area contributed by atoms with Gasteiger partial charge in [0, 0.05) is 6.42 Å². The fraction of sp³-hybridized carbons (Fsp3) is 0.278. The molecular weight excluding hydrogens is 344 g/mol. The second kappa shape index (κ2) is 8.98. The van der Waals surface area contributed by atoms with Crippen molar-refractivity contribution in [2.75, 3.05) is 20.8 Å². The maximum absolute atomic E-state index is 12.2. The zero-order valence-electron chi connectivity index (χ0n) is 13.9. The predicted octanol–water partition coefficient (Wildman–Crippen LogP) is 3.15. The van der Waals surface area contributed by atoms with Crippen molar-refractivity contribution in [3.05, 3.63) is 46.2 Å². The highest BCUT2D eigenvalue weighted by Gasteiger charge is 2.17. The summed E-state index contributed by atoms with van der Waals surface area (Å²) in [5.74, 6) is -0.256. The molecule has 0 aliphatic heterocycles. The van der Waals surface area contributed by atoms with E-state index in [-0.39, 0.29) is 24.2 Å². The highest BCUT2D eigenvalue weighted by molar-refractivity contribution is 7.12. The summed E-state index contributed by atoms with van der Waals surface area (Å²) in [4.78, 5) is 36.4. The van der Waals surface area contributed by atoms with Crippen LogP contribution in [-0.2, 0) is 9.53 Å². The predicted molar refractivity (Wildman–Crippen MR) is 92.7 cm³/mol. The van der Waals surface area contributed by atoms with Gasteiger partial charge in [-0.25, -0.2) is 0 Å². The standard InChI is InChI=1S/C18H18O6S/c1-22-12-5-7-16(23-2)13(10-12)15(20)11-24-18(21)8-6-14(19)17-4-3-9-25-17/h3-5,7,9-10H,6,8,11H2,1-2H3. The maximum Gasteiger partial charge on any atom is 0.306 e. The van der Waals surface area contributed by atoms with Crippen molar-refractivity contribution < 1.29 is 28.6 Å². The number of hydrogen-bond acceptors (Lipinski definition) is 7. The fourth-order valence-corrected chi connectivity index (χ4v) is 2.80. The van der Waals surface area contributed by atoms with E-state index < -0.39 is 18.4 Å². The lowest BCUT2D eigenvalue weighted by Gasteiger charge is -2.10. The van der Waals surface area contributed by atoms with Gasteiger partial charge in [-0.3, -0.25) is 14.4 Å². The van der Waals surface area contributed by atoms with Crippen LogP contribution in [0.4, 0.5) is 0 Å². The Kier molecular flexibility index (Phi) is 6.71. The van der Waals surface area contributed by atoms with E-state index in [4.69, 9.17) is 14.2 Å². The highest BCUT2D eigenvalue weighted by atomic mass is 32.1. The van der Waals surface area contributed by atoms with Crippen molar-refractivity contribution in [3.63, 3.8) is 0 Å². The van der Waals surface area contributed by atoms with Gasteiger partial charge in [0.15, 0.2) is 12.4 Å². The molecule has 0 fully saturated rings. The van der Waals surface area contributed by atoms with Crippen molar-refractivity contribution in [2.24, 2.45) is 0 Å².